The van der Waals surface area contributed by atoms with E-state index in [1.54, 1.807) is 7.11 Å². The first-order valence-electron chi connectivity index (χ1n) is 9.72. The number of rotatable bonds is 6. The highest BCUT2D eigenvalue weighted by Gasteiger charge is 2.36. The number of fused-ring (bicyclic) bond motifs is 1. The minimum Gasteiger partial charge on any atom is -0.497 e. The van der Waals surface area contributed by atoms with Crippen LogP contribution < -0.4 is 19.5 Å². The summed E-state index contributed by atoms with van der Waals surface area (Å²) in [5.74, 6) is 2.08. The van der Waals surface area contributed by atoms with E-state index in [1.807, 2.05) is 70.2 Å². The van der Waals surface area contributed by atoms with Crippen molar-refractivity contribution in [1.82, 2.24) is 5.32 Å². The lowest BCUT2D eigenvalue weighted by atomic mass is 9.89. The number of ether oxygens (including phenoxy) is 3. The van der Waals surface area contributed by atoms with Crippen molar-refractivity contribution in [2.24, 2.45) is 0 Å². The third kappa shape index (κ3) is 4.58. The van der Waals surface area contributed by atoms with Gasteiger partial charge in [0.05, 0.1) is 13.2 Å². The summed E-state index contributed by atoms with van der Waals surface area (Å²) in [6.07, 6.45) is 0.694. The summed E-state index contributed by atoms with van der Waals surface area (Å²) in [6.45, 7) is 8.02. The van der Waals surface area contributed by atoms with Crippen molar-refractivity contribution in [3.8, 4) is 17.2 Å². The number of methoxy groups -OCH3 is 1. The fraction of sp³-hybridized carbons (Fsp3) is 0.435. The van der Waals surface area contributed by atoms with E-state index in [-0.39, 0.29) is 17.6 Å². The summed E-state index contributed by atoms with van der Waals surface area (Å²) in [7, 11) is 1.63. The molecule has 1 aliphatic rings. The van der Waals surface area contributed by atoms with Gasteiger partial charge in [-0.05, 0) is 57.5 Å². The van der Waals surface area contributed by atoms with Crippen LogP contribution in [0.4, 0.5) is 0 Å². The highest BCUT2D eigenvalue weighted by Crippen LogP contribution is 2.41. The van der Waals surface area contributed by atoms with E-state index in [2.05, 4.69) is 5.32 Å². The number of carbonyl (C=O) groups excluding carboxylic acids is 1. The van der Waals surface area contributed by atoms with E-state index in [0.29, 0.717) is 18.6 Å². The number of amides is 1. The molecule has 2 aromatic rings. The van der Waals surface area contributed by atoms with Crippen molar-refractivity contribution in [3.63, 3.8) is 0 Å². The van der Waals surface area contributed by atoms with Gasteiger partial charge in [0.1, 0.15) is 22.8 Å². The first-order valence-corrected chi connectivity index (χ1v) is 9.72. The van der Waals surface area contributed by atoms with E-state index in [9.17, 15) is 4.79 Å². The Labute approximate surface area is 167 Å². The minimum atomic E-state index is -0.553. The second-order valence-corrected chi connectivity index (χ2v) is 7.86. The largest absolute Gasteiger partial charge is 0.497 e. The normalized spacial score (nSPS) is 18.4. The van der Waals surface area contributed by atoms with Crippen LogP contribution >= 0.6 is 0 Å². The summed E-state index contributed by atoms with van der Waals surface area (Å²) in [5, 5.41) is 3.17. The molecule has 1 heterocycles. The predicted molar refractivity (Wildman–Crippen MR) is 109 cm³/mol. The van der Waals surface area contributed by atoms with Crippen LogP contribution in [0.3, 0.4) is 0 Å². The molecule has 2 atom stereocenters. The van der Waals surface area contributed by atoms with Gasteiger partial charge in [-0.1, -0.05) is 24.6 Å². The third-order valence-corrected chi connectivity index (χ3v) is 4.95. The van der Waals surface area contributed by atoms with Gasteiger partial charge in [0.25, 0.3) is 5.91 Å². The topological polar surface area (TPSA) is 56.8 Å². The monoisotopic (exact) mass is 383 g/mol. The zero-order chi connectivity index (χ0) is 20.3. The molecule has 0 saturated carbocycles. The first kappa shape index (κ1) is 20.1. The molecule has 5 heteroatoms. The molecule has 1 N–H and O–H groups in total. The third-order valence-electron chi connectivity index (χ3n) is 4.95. The molecule has 1 aliphatic heterocycles. The van der Waals surface area contributed by atoms with Crippen molar-refractivity contribution >= 4 is 5.91 Å². The summed E-state index contributed by atoms with van der Waals surface area (Å²) >= 11 is 0. The highest BCUT2D eigenvalue weighted by atomic mass is 16.5. The number of hydrogen-bond donors (Lipinski definition) is 1. The second-order valence-electron chi connectivity index (χ2n) is 7.86. The smallest absolute Gasteiger partial charge is 0.261 e. The SMILES string of the molecule is CCC(Oc1ccc(C)cc1)C(=O)NC1CC(C)(C)Oc2ccc(OC)cc21. The quantitative estimate of drug-likeness (QED) is 0.793. The molecule has 0 saturated heterocycles. The molecule has 2 unspecified atom stereocenters. The Hall–Kier alpha value is -2.69. The van der Waals surface area contributed by atoms with Gasteiger partial charge in [-0.2, -0.15) is 0 Å². The number of carbonyl (C=O) groups is 1. The van der Waals surface area contributed by atoms with Gasteiger partial charge >= 0.3 is 0 Å². The maximum absolute atomic E-state index is 13.0. The molecule has 150 valence electrons. The van der Waals surface area contributed by atoms with Crippen molar-refractivity contribution in [1.29, 1.82) is 0 Å². The number of hydrogen-bond acceptors (Lipinski definition) is 4. The summed E-state index contributed by atoms with van der Waals surface area (Å²) in [4.78, 5) is 13.0. The molecule has 2 aromatic carbocycles. The van der Waals surface area contributed by atoms with Gasteiger partial charge in [0.2, 0.25) is 0 Å². The molecule has 28 heavy (non-hydrogen) atoms. The molecule has 0 aliphatic carbocycles. The maximum Gasteiger partial charge on any atom is 0.261 e. The Balaban J connectivity index is 1.79. The molecule has 0 fully saturated rings. The van der Waals surface area contributed by atoms with Gasteiger partial charge in [0.15, 0.2) is 6.10 Å². The lowest BCUT2D eigenvalue weighted by molar-refractivity contribution is -0.129. The van der Waals surface area contributed by atoms with E-state index in [0.717, 1.165) is 22.6 Å². The van der Waals surface area contributed by atoms with Gasteiger partial charge in [-0.3, -0.25) is 4.79 Å². The van der Waals surface area contributed by atoms with E-state index in [4.69, 9.17) is 14.2 Å². The van der Waals surface area contributed by atoms with Gasteiger partial charge in [-0.15, -0.1) is 0 Å². The lowest BCUT2D eigenvalue weighted by Crippen LogP contribution is -2.45. The lowest BCUT2D eigenvalue weighted by Gasteiger charge is -2.38. The Morgan fingerprint density at radius 1 is 1.21 bits per heavy atom. The van der Waals surface area contributed by atoms with Crippen LogP contribution in [0, 0.1) is 6.92 Å². The van der Waals surface area contributed by atoms with E-state index >= 15 is 0 Å². The van der Waals surface area contributed by atoms with Crippen LogP contribution in [0.15, 0.2) is 42.5 Å². The molecule has 5 nitrogen and oxygen atoms in total. The molecule has 0 spiro atoms. The van der Waals surface area contributed by atoms with Crippen molar-refractivity contribution in [2.45, 2.75) is 58.3 Å². The summed E-state index contributed by atoms with van der Waals surface area (Å²) < 4.78 is 17.4. The molecule has 0 radical (unpaired) electrons. The van der Waals surface area contributed by atoms with Crippen LogP contribution in [0.2, 0.25) is 0 Å². The first-order chi connectivity index (χ1) is 13.3. The van der Waals surface area contributed by atoms with Gasteiger partial charge < -0.3 is 19.5 Å². The van der Waals surface area contributed by atoms with Crippen LogP contribution in [0.1, 0.15) is 50.8 Å². The van der Waals surface area contributed by atoms with Crippen molar-refractivity contribution < 1.29 is 19.0 Å². The zero-order valence-electron chi connectivity index (χ0n) is 17.2. The Morgan fingerprint density at radius 3 is 2.54 bits per heavy atom. The Morgan fingerprint density at radius 2 is 1.89 bits per heavy atom. The van der Waals surface area contributed by atoms with Crippen molar-refractivity contribution in [3.05, 3.63) is 53.6 Å². The highest BCUT2D eigenvalue weighted by molar-refractivity contribution is 5.81. The molecular formula is C23H29NO4. The number of benzene rings is 2. The number of aryl methyl sites for hydroxylation is 1. The minimum absolute atomic E-state index is 0.125. The standard InChI is InChI=1S/C23H29NO4/c1-6-20(27-16-9-7-15(2)8-10-16)22(25)24-19-14-23(3,4)28-21-12-11-17(26-5)13-18(19)21/h7-13,19-20H,6,14H2,1-5H3,(H,24,25). The van der Waals surface area contributed by atoms with E-state index in [1.165, 1.54) is 0 Å². The Kier molecular flexibility index (Phi) is 5.82. The predicted octanol–water partition coefficient (Wildman–Crippen LogP) is 4.58. The van der Waals surface area contributed by atoms with Crippen LogP contribution in [0.5, 0.6) is 17.2 Å². The zero-order valence-corrected chi connectivity index (χ0v) is 17.2. The van der Waals surface area contributed by atoms with Crippen LogP contribution in [-0.4, -0.2) is 24.7 Å². The molecule has 3 rings (SSSR count). The summed E-state index contributed by atoms with van der Waals surface area (Å²) in [6, 6.07) is 13.3. The fourth-order valence-electron chi connectivity index (χ4n) is 3.46. The van der Waals surface area contributed by atoms with E-state index < -0.39 is 6.10 Å². The molecule has 1 amide bonds. The number of nitrogens with one attached hydrogen (secondary N) is 1. The molecule has 0 bridgehead atoms. The second kappa shape index (κ2) is 8.13. The van der Waals surface area contributed by atoms with Crippen LogP contribution in [0.25, 0.3) is 0 Å². The van der Waals surface area contributed by atoms with Gasteiger partial charge in [-0.25, -0.2) is 0 Å². The average molecular weight is 383 g/mol. The van der Waals surface area contributed by atoms with Gasteiger partial charge in [0, 0.05) is 12.0 Å². The summed E-state index contributed by atoms with van der Waals surface area (Å²) in [5.41, 5.74) is 1.70. The molecule has 0 aromatic heterocycles. The van der Waals surface area contributed by atoms with Crippen molar-refractivity contribution in [2.75, 3.05) is 7.11 Å². The maximum atomic E-state index is 13.0. The fourth-order valence-corrected chi connectivity index (χ4v) is 3.46. The molecular weight excluding hydrogens is 354 g/mol. The average Bonchev–Trinajstić information content (AvgIpc) is 2.66. The Bertz CT molecular complexity index is 829. The van der Waals surface area contributed by atoms with Crippen LogP contribution in [-0.2, 0) is 4.79 Å².